The van der Waals surface area contributed by atoms with Crippen molar-refractivity contribution in [2.75, 3.05) is 12.8 Å². The van der Waals surface area contributed by atoms with E-state index >= 15 is 0 Å². The van der Waals surface area contributed by atoms with E-state index in [1.54, 1.807) is 11.8 Å². The Kier molecular flexibility index (Phi) is 4.07. The van der Waals surface area contributed by atoms with Crippen LogP contribution in [0.1, 0.15) is 18.4 Å². The number of nitrogens with one attached hydrogen (secondary N) is 2. The zero-order valence-electron chi connectivity index (χ0n) is 9.99. The number of fused-ring (bicyclic) bond motifs is 1. The number of H-pyrrole nitrogens is 1. The van der Waals surface area contributed by atoms with Crippen molar-refractivity contribution in [3.8, 4) is 0 Å². The summed E-state index contributed by atoms with van der Waals surface area (Å²) >= 11 is 6.72. The van der Waals surface area contributed by atoms with Gasteiger partial charge in [-0.15, -0.1) is 11.8 Å². The second-order valence-electron chi connectivity index (χ2n) is 4.06. The van der Waals surface area contributed by atoms with Gasteiger partial charge in [-0.2, -0.15) is 0 Å². The second kappa shape index (κ2) is 5.56. The number of thiocarbonyl (C=S) groups is 1. The standard InChI is InChI=1S/C13H16N2S2/c1-9(7-15-13(16)17-2)11-8-14-12-6-4-3-5-10(11)12/h3-6,8-9,14H,7H2,1-2H3,(H,15,16). The Hall–Kier alpha value is -1.00. The molecule has 90 valence electrons. The molecule has 1 unspecified atom stereocenters. The van der Waals surface area contributed by atoms with Crippen LogP contribution in [0.4, 0.5) is 0 Å². The first kappa shape index (κ1) is 12.5. The summed E-state index contributed by atoms with van der Waals surface area (Å²) in [5.41, 5.74) is 2.54. The summed E-state index contributed by atoms with van der Waals surface area (Å²) in [4.78, 5) is 3.30. The van der Waals surface area contributed by atoms with Crippen molar-refractivity contribution in [3.05, 3.63) is 36.0 Å². The third-order valence-corrected chi connectivity index (χ3v) is 4.05. The van der Waals surface area contributed by atoms with Gasteiger partial charge in [-0.05, 0) is 17.9 Å². The normalized spacial score (nSPS) is 12.6. The highest BCUT2D eigenvalue weighted by Crippen LogP contribution is 2.24. The van der Waals surface area contributed by atoms with Crippen LogP contribution in [-0.4, -0.2) is 22.1 Å². The topological polar surface area (TPSA) is 27.8 Å². The third kappa shape index (κ3) is 2.82. The lowest BCUT2D eigenvalue weighted by Gasteiger charge is -2.12. The van der Waals surface area contributed by atoms with Crippen LogP contribution < -0.4 is 5.32 Å². The molecule has 0 amide bonds. The van der Waals surface area contributed by atoms with Crippen molar-refractivity contribution in [2.24, 2.45) is 0 Å². The van der Waals surface area contributed by atoms with E-state index in [2.05, 4.69) is 41.6 Å². The first-order chi connectivity index (χ1) is 8.22. The lowest BCUT2D eigenvalue weighted by atomic mass is 10.0. The number of para-hydroxylation sites is 1. The van der Waals surface area contributed by atoms with Crippen molar-refractivity contribution in [2.45, 2.75) is 12.8 Å². The van der Waals surface area contributed by atoms with Gasteiger partial charge in [0.25, 0.3) is 0 Å². The fourth-order valence-electron chi connectivity index (χ4n) is 1.92. The number of hydrogen-bond acceptors (Lipinski definition) is 2. The van der Waals surface area contributed by atoms with Gasteiger partial charge < -0.3 is 10.3 Å². The minimum Gasteiger partial charge on any atom is -0.370 e. The second-order valence-corrected chi connectivity index (χ2v) is 5.55. The molecule has 0 fully saturated rings. The molecule has 1 atom stereocenters. The number of aromatic amines is 1. The van der Waals surface area contributed by atoms with Gasteiger partial charge in [0.2, 0.25) is 0 Å². The number of thioether (sulfide) groups is 1. The zero-order valence-corrected chi connectivity index (χ0v) is 11.6. The van der Waals surface area contributed by atoms with Crippen molar-refractivity contribution >= 4 is 39.2 Å². The summed E-state index contributed by atoms with van der Waals surface area (Å²) in [6.07, 6.45) is 4.09. The lowest BCUT2D eigenvalue weighted by Crippen LogP contribution is -2.23. The molecule has 2 nitrogen and oxygen atoms in total. The van der Waals surface area contributed by atoms with Crippen molar-refractivity contribution < 1.29 is 0 Å². The maximum Gasteiger partial charge on any atom is 0.133 e. The van der Waals surface area contributed by atoms with E-state index < -0.39 is 0 Å². The molecule has 0 aliphatic heterocycles. The van der Waals surface area contributed by atoms with Gasteiger partial charge in [-0.1, -0.05) is 37.3 Å². The van der Waals surface area contributed by atoms with E-state index in [0.29, 0.717) is 5.92 Å². The molecule has 1 aromatic heterocycles. The Morgan fingerprint density at radius 3 is 3.00 bits per heavy atom. The minimum atomic E-state index is 0.441. The average molecular weight is 264 g/mol. The Labute approximate surface area is 111 Å². The molecule has 0 aliphatic rings. The predicted molar refractivity (Wildman–Crippen MR) is 80.8 cm³/mol. The van der Waals surface area contributed by atoms with Gasteiger partial charge in [0.1, 0.15) is 4.32 Å². The Balaban J connectivity index is 2.13. The van der Waals surface area contributed by atoms with E-state index in [1.807, 2.05) is 12.3 Å². The molecule has 0 saturated heterocycles. The Morgan fingerprint density at radius 2 is 2.24 bits per heavy atom. The molecule has 2 rings (SSSR count). The molecule has 0 saturated carbocycles. The molecular formula is C13H16N2S2. The molecule has 0 spiro atoms. The quantitative estimate of drug-likeness (QED) is 0.831. The van der Waals surface area contributed by atoms with Gasteiger partial charge in [0.15, 0.2) is 0 Å². The number of aromatic nitrogens is 1. The molecule has 1 aromatic carbocycles. The van der Waals surface area contributed by atoms with Gasteiger partial charge in [-0.25, -0.2) is 0 Å². The highest BCUT2D eigenvalue weighted by molar-refractivity contribution is 8.22. The number of benzene rings is 1. The summed E-state index contributed by atoms with van der Waals surface area (Å²) in [5.74, 6) is 0.441. The summed E-state index contributed by atoms with van der Waals surface area (Å²) in [5, 5.41) is 4.57. The van der Waals surface area contributed by atoms with Crippen molar-refractivity contribution in [1.82, 2.24) is 10.3 Å². The molecule has 1 heterocycles. The van der Waals surface area contributed by atoms with Crippen LogP contribution in [-0.2, 0) is 0 Å². The molecule has 0 bridgehead atoms. The van der Waals surface area contributed by atoms with Crippen LogP contribution in [0, 0.1) is 0 Å². The maximum atomic E-state index is 5.14. The molecule has 2 N–H and O–H groups in total. The van der Waals surface area contributed by atoms with Crippen LogP contribution in [0.5, 0.6) is 0 Å². The van der Waals surface area contributed by atoms with E-state index in [-0.39, 0.29) is 0 Å². The van der Waals surface area contributed by atoms with Crippen LogP contribution in [0.25, 0.3) is 10.9 Å². The third-order valence-electron chi connectivity index (χ3n) is 2.89. The van der Waals surface area contributed by atoms with E-state index in [9.17, 15) is 0 Å². The van der Waals surface area contributed by atoms with Gasteiger partial charge in [-0.3, -0.25) is 0 Å². The molecule has 0 aliphatic carbocycles. The smallest absolute Gasteiger partial charge is 0.133 e. The first-order valence-corrected chi connectivity index (χ1v) is 7.23. The predicted octanol–water partition coefficient (Wildman–Crippen LogP) is 3.51. The molecular weight excluding hydrogens is 248 g/mol. The molecule has 17 heavy (non-hydrogen) atoms. The maximum absolute atomic E-state index is 5.14. The first-order valence-electron chi connectivity index (χ1n) is 5.60. The highest BCUT2D eigenvalue weighted by atomic mass is 32.2. The monoisotopic (exact) mass is 264 g/mol. The highest BCUT2D eigenvalue weighted by Gasteiger charge is 2.10. The van der Waals surface area contributed by atoms with Crippen molar-refractivity contribution in [3.63, 3.8) is 0 Å². The van der Waals surface area contributed by atoms with Crippen LogP contribution in [0.15, 0.2) is 30.5 Å². The van der Waals surface area contributed by atoms with Gasteiger partial charge in [0.05, 0.1) is 0 Å². The SMILES string of the molecule is CSC(=S)NCC(C)c1c[nH]c2ccccc12. The molecule has 0 radical (unpaired) electrons. The van der Waals surface area contributed by atoms with Gasteiger partial charge in [0, 0.05) is 29.6 Å². The summed E-state index contributed by atoms with van der Waals surface area (Å²) in [7, 11) is 0. The average Bonchev–Trinajstić information content (AvgIpc) is 2.79. The fraction of sp³-hybridized carbons (Fsp3) is 0.308. The van der Waals surface area contributed by atoms with Crippen molar-refractivity contribution in [1.29, 1.82) is 0 Å². The Bertz CT molecular complexity index is 519. The number of hydrogen-bond donors (Lipinski definition) is 2. The largest absolute Gasteiger partial charge is 0.370 e. The molecule has 2 aromatic rings. The fourth-order valence-corrected chi connectivity index (χ4v) is 2.23. The molecule has 4 heteroatoms. The van der Waals surface area contributed by atoms with E-state index in [4.69, 9.17) is 12.2 Å². The zero-order chi connectivity index (χ0) is 12.3. The minimum absolute atomic E-state index is 0.441. The Morgan fingerprint density at radius 1 is 1.47 bits per heavy atom. The summed E-state index contributed by atoms with van der Waals surface area (Å²) in [6.45, 7) is 3.09. The van der Waals surface area contributed by atoms with E-state index in [1.165, 1.54) is 16.5 Å². The lowest BCUT2D eigenvalue weighted by molar-refractivity contribution is 0.733. The van der Waals surface area contributed by atoms with E-state index in [0.717, 1.165) is 10.9 Å². The summed E-state index contributed by atoms with van der Waals surface area (Å²) in [6, 6.07) is 8.39. The van der Waals surface area contributed by atoms with Crippen LogP contribution >= 0.6 is 24.0 Å². The number of rotatable bonds is 3. The van der Waals surface area contributed by atoms with Gasteiger partial charge >= 0.3 is 0 Å². The summed E-state index contributed by atoms with van der Waals surface area (Å²) < 4.78 is 0.858. The van der Waals surface area contributed by atoms with Crippen LogP contribution in [0.2, 0.25) is 0 Å². The van der Waals surface area contributed by atoms with Crippen LogP contribution in [0.3, 0.4) is 0 Å².